The number of alkyl halides is 3. The average Bonchev–Trinajstić information content (AvgIpc) is 3.15. The van der Waals surface area contributed by atoms with E-state index in [0.29, 0.717) is 16.1 Å². The summed E-state index contributed by atoms with van der Waals surface area (Å²) in [5, 5.41) is 16.2. The van der Waals surface area contributed by atoms with Crippen LogP contribution in [-0.2, 0) is 11.8 Å². The normalized spacial score (nSPS) is 15.5. The summed E-state index contributed by atoms with van der Waals surface area (Å²) in [7, 11) is 0. The topological polar surface area (TPSA) is 38.0 Å². The molecule has 26 heavy (non-hydrogen) atoms. The van der Waals surface area contributed by atoms with Gasteiger partial charge in [0.05, 0.1) is 11.6 Å². The molecule has 0 radical (unpaired) electrons. The van der Waals surface area contributed by atoms with Crippen LogP contribution < -0.4 is 0 Å². The number of aliphatic hydroxyl groups is 1. The first-order valence-corrected chi connectivity index (χ1v) is 8.26. The van der Waals surface area contributed by atoms with Crippen molar-refractivity contribution in [3.63, 3.8) is 0 Å². The zero-order valence-corrected chi connectivity index (χ0v) is 14.5. The van der Waals surface area contributed by atoms with Gasteiger partial charge in [-0.2, -0.15) is 18.3 Å². The van der Waals surface area contributed by atoms with Gasteiger partial charge in [0.25, 0.3) is 0 Å². The van der Waals surface area contributed by atoms with Gasteiger partial charge >= 0.3 is 6.18 Å². The molecule has 7 heteroatoms. The third-order valence-corrected chi connectivity index (χ3v) is 4.71. The molecule has 3 rings (SSSR count). The SMILES string of the molecule is CC(n1cccn1)C(O)(c1ccc(Cl)cc1)c1ccc(C(F)(F)F)cc1. The molecule has 0 saturated heterocycles. The van der Waals surface area contributed by atoms with Crippen LogP contribution in [0.15, 0.2) is 67.0 Å². The highest BCUT2D eigenvalue weighted by atomic mass is 35.5. The third-order valence-electron chi connectivity index (χ3n) is 4.46. The van der Waals surface area contributed by atoms with Crippen molar-refractivity contribution in [2.75, 3.05) is 0 Å². The Morgan fingerprint density at radius 2 is 1.46 bits per heavy atom. The molecule has 3 nitrogen and oxygen atoms in total. The van der Waals surface area contributed by atoms with Gasteiger partial charge in [0.15, 0.2) is 0 Å². The van der Waals surface area contributed by atoms with Crippen molar-refractivity contribution in [2.24, 2.45) is 0 Å². The quantitative estimate of drug-likeness (QED) is 0.687. The summed E-state index contributed by atoms with van der Waals surface area (Å²) < 4.78 is 40.2. The summed E-state index contributed by atoms with van der Waals surface area (Å²) in [6.07, 6.45) is -1.17. The molecule has 0 aliphatic rings. The predicted octanol–water partition coefficient (Wildman–Crippen LogP) is 5.05. The maximum absolute atomic E-state index is 12.9. The van der Waals surface area contributed by atoms with Gasteiger partial charge in [0, 0.05) is 17.4 Å². The average molecular weight is 381 g/mol. The minimum Gasteiger partial charge on any atom is -0.378 e. The number of hydrogen-bond donors (Lipinski definition) is 1. The molecular weight excluding hydrogens is 365 g/mol. The zero-order chi connectivity index (χ0) is 18.9. The van der Waals surface area contributed by atoms with E-state index in [0.717, 1.165) is 12.1 Å². The largest absolute Gasteiger partial charge is 0.416 e. The molecule has 0 saturated carbocycles. The molecule has 0 spiro atoms. The number of hydrogen-bond acceptors (Lipinski definition) is 2. The van der Waals surface area contributed by atoms with Gasteiger partial charge in [0.2, 0.25) is 0 Å². The molecule has 1 N–H and O–H groups in total. The molecule has 0 aliphatic heterocycles. The monoisotopic (exact) mass is 380 g/mol. The summed E-state index contributed by atoms with van der Waals surface area (Å²) in [4.78, 5) is 0. The van der Waals surface area contributed by atoms with Crippen molar-refractivity contribution < 1.29 is 18.3 Å². The van der Waals surface area contributed by atoms with Crippen LogP contribution in [-0.4, -0.2) is 14.9 Å². The van der Waals surface area contributed by atoms with Crippen LogP contribution in [0, 0.1) is 0 Å². The van der Waals surface area contributed by atoms with Crippen molar-refractivity contribution >= 4 is 11.6 Å². The van der Waals surface area contributed by atoms with E-state index in [1.54, 1.807) is 54.3 Å². The van der Waals surface area contributed by atoms with E-state index >= 15 is 0 Å². The fourth-order valence-corrected chi connectivity index (χ4v) is 3.09. The second kappa shape index (κ2) is 6.78. The van der Waals surface area contributed by atoms with E-state index in [1.807, 2.05) is 0 Å². The van der Waals surface area contributed by atoms with E-state index in [9.17, 15) is 18.3 Å². The molecule has 0 fully saturated rings. The molecule has 0 bridgehead atoms. The molecule has 1 heterocycles. The van der Waals surface area contributed by atoms with Gasteiger partial charge in [-0.25, -0.2) is 0 Å². The molecule has 2 atom stereocenters. The Morgan fingerprint density at radius 3 is 1.92 bits per heavy atom. The summed E-state index contributed by atoms with van der Waals surface area (Å²) in [5.41, 5.74) is -1.53. The standard InChI is InChI=1S/C19H16ClF3N2O/c1-13(25-12-2-11-24-25)18(26,15-7-9-17(20)10-8-15)14-3-5-16(6-4-14)19(21,22)23/h2-13,26H,1H3. The predicted molar refractivity (Wildman–Crippen MR) is 92.8 cm³/mol. The van der Waals surface area contributed by atoms with Gasteiger partial charge in [-0.15, -0.1) is 0 Å². The lowest BCUT2D eigenvalue weighted by Gasteiger charge is -2.35. The van der Waals surface area contributed by atoms with Crippen LogP contribution in [0.3, 0.4) is 0 Å². The smallest absolute Gasteiger partial charge is 0.378 e. The lowest BCUT2D eigenvalue weighted by atomic mass is 9.80. The second-order valence-corrected chi connectivity index (χ2v) is 6.45. The molecule has 136 valence electrons. The lowest BCUT2D eigenvalue weighted by molar-refractivity contribution is -0.137. The molecule has 2 aromatic carbocycles. The maximum Gasteiger partial charge on any atom is 0.416 e. The highest BCUT2D eigenvalue weighted by Gasteiger charge is 2.40. The summed E-state index contributed by atoms with van der Waals surface area (Å²) >= 11 is 5.93. The Labute approximate surface area is 153 Å². The van der Waals surface area contributed by atoms with E-state index < -0.39 is 23.4 Å². The fraction of sp³-hybridized carbons (Fsp3) is 0.211. The lowest BCUT2D eigenvalue weighted by Crippen LogP contribution is -2.37. The van der Waals surface area contributed by atoms with Crippen LogP contribution in [0.4, 0.5) is 13.2 Å². The Balaban J connectivity index is 2.13. The molecule has 2 unspecified atom stereocenters. The van der Waals surface area contributed by atoms with Crippen molar-refractivity contribution in [3.05, 3.63) is 88.7 Å². The first kappa shape index (κ1) is 18.5. The van der Waals surface area contributed by atoms with Gasteiger partial charge in [-0.3, -0.25) is 4.68 Å². The highest BCUT2D eigenvalue weighted by Crippen LogP contribution is 2.40. The fourth-order valence-electron chi connectivity index (χ4n) is 2.97. The Hall–Kier alpha value is -2.31. The Bertz CT molecular complexity index is 861. The second-order valence-electron chi connectivity index (χ2n) is 6.01. The van der Waals surface area contributed by atoms with E-state index in [-0.39, 0.29) is 0 Å². The Kier molecular flexibility index (Phi) is 4.82. The number of halogens is 4. The van der Waals surface area contributed by atoms with Gasteiger partial charge in [0.1, 0.15) is 5.60 Å². The minimum atomic E-state index is -4.44. The summed E-state index contributed by atoms with van der Waals surface area (Å²) in [6, 6.07) is 12.2. The van der Waals surface area contributed by atoms with Gasteiger partial charge < -0.3 is 5.11 Å². The number of benzene rings is 2. The van der Waals surface area contributed by atoms with E-state index in [4.69, 9.17) is 11.6 Å². The Morgan fingerprint density at radius 1 is 0.962 bits per heavy atom. The first-order chi connectivity index (χ1) is 12.2. The first-order valence-electron chi connectivity index (χ1n) is 7.88. The number of rotatable bonds is 4. The number of nitrogens with zero attached hydrogens (tertiary/aromatic N) is 2. The van der Waals surface area contributed by atoms with Crippen LogP contribution in [0.25, 0.3) is 0 Å². The van der Waals surface area contributed by atoms with Crippen LogP contribution >= 0.6 is 11.6 Å². The van der Waals surface area contributed by atoms with Crippen LogP contribution in [0.5, 0.6) is 0 Å². The van der Waals surface area contributed by atoms with Crippen LogP contribution in [0.1, 0.15) is 29.7 Å². The summed E-state index contributed by atoms with van der Waals surface area (Å²) in [6.45, 7) is 1.75. The summed E-state index contributed by atoms with van der Waals surface area (Å²) in [5.74, 6) is 0. The van der Waals surface area contributed by atoms with Crippen molar-refractivity contribution in [1.82, 2.24) is 9.78 Å². The highest BCUT2D eigenvalue weighted by molar-refractivity contribution is 6.30. The maximum atomic E-state index is 12.9. The van der Waals surface area contributed by atoms with E-state index in [1.165, 1.54) is 12.1 Å². The van der Waals surface area contributed by atoms with Crippen molar-refractivity contribution in [2.45, 2.75) is 24.7 Å². The molecule has 3 aromatic rings. The van der Waals surface area contributed by atoms with Crippen molar-refractivity contribution in [3.8, 4) is 0 Å². The van der Waals surface area contributed by atoms with Crippen molar-refractivity contribution in [1.29, 1.82) is 0 Å². The molecule has 0 aliphatic carbocycles. The molecular formula is C19H16ClF3N2O. The number of aromatic nitrogens is 2. The van der Waals surface area contributed by atoms with Crippen LogP contribution in [0.2, 0.25) is 5.02 Å². The van der Waals surface area contributed by atoms with E-state index in [2.05, 4.69) is 5.10 Å². The van der Waals surface area contributed by atoms with Gasteiger partial charge in [-0.1, -0.05) is 35.9 Å². The minimum absolute atomic E-state index is 0.329. The molecule has 1 aromatic heterocycles. The van der Waals surface area contributed by atoms with Gasteiger partial charge in [-0.05, 0) is 48.4 Å². The third kappa shape index (κ3) is 3.34. The zero-order valence-electron chi connectivity index (χ0n) is 13.8. The molecule has 0 amide bonds.